The fraction of sp³-hybridized carbons (Fsp3) is 0.333. The van der Waals surface area contributed by atoms with Crippen molar-refractivity contribution < 1.29 is 22.8 Å². The second kappa shape index (κ2) is 8.04. The third-order valence-corrected chi connectivity index (χ3v) is 4.80. The summed E-state index contributed by atoms with van der Waals surface area (Å²) >= 11 is 0. The molecule has 1 heterocycles. The highest BCUT2D eigenvalue weighted by Gasteiger charge is 2.30. The molecule has 2 aromatic carbocycles. The fourth-order valence-electron chi connectivity index (χ4n) is 3.23. The van der Waals surface area contributed by atoms with E-state index in [0.717, 1.165) is 30.7 Å². The van der Waals surface area contributed by atoms with E-state index in [1.54, 1.807) is 36.2 Å². The van der Waals surface area contributed by atoms with Gasteiger partial charge in [-0.2, -0.15) is 13.2 Å². The second-order valence-corrected chi connectivity index (χ2v) is 6.91. The number of carbonyl (C=O) groups is 2. The van der Waals surface area contributed by atoms with Crippen molar-refractivity contribution in [2.75, 3.05) is 18.5 Å². The first kappa shape index (κ1) is 19.9. The van der Waals surface area contributed by atoms with Crippen molar-refractivity contribution >= 4 is 17.5 Å². The average Bonchev–Trinajstić information content (AvgIpc) is 2.67. The molecule has 1 fully saturated rings. The van der Waals surface area contributed by atoms with Crippen molar-refractivity contribution in [3.05, 3.63) is 65.2 Å². The van der Waals surface area contributed by atoms with E-state index in [1.807, 2.05) is 0 Å². The lowest BCUT2D eigenvalue weighted by Crippen LogP contribution is -2.35. The van der Waals surface area contributed by atoms with Crippen LogP contribution in [-0.4, -0.2) is 30.3 Å². The summed E-state index contributed by atoms with van der Waals surface area (Å²) in [6, 6.07) is 11.6. The Balaban J connectivity index is 1.65. The molecule has 0 aliphatic carbocycles. The van der Waals surface area contributed by atoms with Gasteiger partial charge < -0.3 is 9.80 Å². The molecule has 7 heteroatoms. The largest absolute Gasteiger partial charge is 0.416 e. The topological polar surface area (TPSA) is 40.6 Å². The Hall–Kier alpha value is -2.83. The SMILES string of the molecule is CN(Cc1ccc(C(F)(F)F)cc1)C(=O)c1ccc(N2CCCCC2=O)cc1. The summed E-state index contributed by atoms with van der Waals surface area (Å²) in [7, 11) is 1.60. The second-order valence-electron chi connectivity index (χ2n) is 6.91. The standard InChI is InChI=1S/C21H21F3N2O2/c1-25(14-15-5-9-17(10-6-15)21(22,23)24)20(28)16-7-11-18(12-8-16)26-13-3-2-4-19(26)27/h5-12H,2-4,13-14H2,1H3. The van der Waals surface area contributed by atoms with Gasteiger partial charge in [0.25, 0.3) is 5.91 Å². The number of nitrogens with zero attached hydrogens (tertiary/aromatic N) is 2. The summed E-state index contributed by atoms with van der Waals surface area (Å²) in [5, 5.41) is 0. The minimum absolute atomic E-state index is 0.0877. The van der Waals surface area contributed by atoms with Crippen molar-refractivity contribution in [2.24, 2.45) is 0 Å². The molecule has 2 aromatic rings. The first-order valence-corrected chi connectivity index (χ1v) is 9.08. The van der Waals surface area contributed by atoms with Gasteiger partial charge in [-0.15, -0.1) is 0 Å². The number of rotatable bonds is 4. The van der Waals surface area contributed by atoms with Gasteiger partial charge in [-0.3, -0.25) is 9.59 Å². The molecule has 28 heavy (non-hydrogen) atoms. The van der Waals surface area contributed by atoms with Crippen LogP contribution in [0.5, 0.6) is 0 Å². The molecule has 0 unspecified atom stereocenters. The molecule has 1 aliphatic rings. The van der Waals surface area contributed by atoms with Crippen molar-refractivity contribution in [3.63, 3.8) is 0 Å². The Bertz CT molecular complexity index is 845. The van der Waals surface area contributed by atoms with Gasteiger partial charge in [0.15, 0.2) is 0 Å². The highest BCUT2D eigenvalue weighted by molar-refractivity contribution is 5.96. The minimum atomic E-state index is -4.38. The van der Waals surface area contributed by atoms with E-state index >= 15 is 0 Å². The zero-order valence-corrected chi connectivity index (χ0v) is 15.5. The molecule has 4 nitrogen and oxygen atoms in total. The summed E-state index contributed by atoms with van der Waals surface area (Å²) in [6.45, 7) is 0.878. The van der Waals surface area contributed by atoms with Gasteiger partial charge in [0.05, 0.1) is 5.56 Å². The molecular weight excluding hydrogens is 369 g/mol. The normalized spacial score (nSPS) is 14.9. The molecule has 0 bridgehead atoms. The van der Waals surface area contributed by atoms with Gasteiger partial charge in [0, 0.05) is 37.8 Å². The average molecular weight is 390 g/mol. The molecule has 0 atom stereocenters. The molecule has 0 spiro atoms. The quantitative estimate of drug-likeness (QED) is 0.772. The smallest absolute Gasteiger partial charge is 0.337 e. The van der Waals surface area contributed by atoms with E-state index in [1.165, 1.54) is 17.0 Å². The molecule has 148 valence electrons. The van der Waals surface area contributed by atoms with Crippen LogP contribution in [0.15, 0.2) is 48.5 Å². The van der Waals surface area contributed by atoms with Crippen LogP contribution in [0, 0.1) is 0 Å². The van der Waals surface area contributed by atoms with Crippen molar-refractivity contribution in [1.29, 1.82) is 0 Å². The molecule has 0 aromatic heterocycles. The Labute approximate surface area is 161 Å². The summed E-state index contributed by atoms with van der Waals surface area (Å²) in [5.41, 5.74) is 1.13. The van der Waals surface area contributed by atoms with Crippen LogP contribution in [0.2, 0.25) is 0 Å². The van der Waals surface area contributed by atoms with E-state index in [9.17, 15) is 22.8 Å². The molecule has 1 saturated heterocycles. The number of alkyl halides is 3. The van der Waals surface area contributed by atoms with Gasteiger partial charge in [-0.25, -0.2) is 0 Å². The van der Waals surface area contributed by atoms with Crippen LogP contribution >= 0.6 is 0 Å². The van der Waals surface area contributed by atoms with Gasteiger partial charge in [0.2, 0.25) is 5.91 Å². The predicted octanol–water partition coefficient (Wildman–Crippen LogP) is 4.49. The maximum absolute atomic E-state index is 12.6. The van der Waals surface area contributed by atoms with E-state index in [4.69, 9.17) is 0 Å². The molecule has 0 radical (unpaired) electrons. The highest BCUT2D eigenvalue weighted by Crippen LogP contribution is 2.29. The Kier molecular flexibility index (Phi) is 5.72. The van der Waals surface area contributed by atoms with Gasteiger partial charge in [0.1, 0.15) is 0 Å². The number of anilines is 1. The number of hydrogen-bond acceptors (Lipinski definition) is 2. The summed E-state index contributed by atoms with van der Waals surface area (Å²) in [4.78, 5) is 27.8. The van der Waals surface area contributed by atoms with E-state index in [-0.39, 0.29) is 18.4 Å². The number of hydrogen-bond donors (Lipinski definition) is 0. The number of carbonyl (C=O) groups excluding carboxylic acids is 2. The van der Waals surface area contributed by atoms with Gasteiger partial charge >= 0.3 is 6.18 Å². The minimum Gasteiger partial charge on any atom is -0.337 e. The Morgan fingerprint density at radius 3 is 2.25 bits per heavy atom. The zero-order chi connectivity index (χ0) is 20.3. The first-order chi connectivity index (χ1) is 13.3. The molecule has 0 N–H and O–H groups in total. The van der Waals surface area contributed by atoms with Crippen LogP contribution in [0.1, 0.15) is 40.7 Å². The summed E-state index contributed by atoms with van der Waals surface area (Å²) in [6.07, 6.45) is -1.97. The van der Waals surface area contributed by atoms with Crippen molar-refractivity contribution in [2.45, 2.75) is 32.0 Å². The molecular formula is C21H21F3N2O2. The van der Waals surface area contributed by atoms with Crippen molar-refractivity contribution in [1.82, 2.24) is 4.90 Å². The van der Waals surface area contributed by atoms with Crippen LogP contribution in [0.4, 0.5) is 18.9 Å². The third kappa shape index (κ3) is 4.52. The van der Waals surface area contributed by atoms with Crippen LogP contribution in [0.25, 0.3) is 0 Å². The van der Waals surface area contributed by atoms with E-state index < -0.39 is 11.7 Å². The van der Waals surface area contributed by atoms with Gasteiger partial charge in [-0.1, -0.05) is 12.1 Å². The van der Waals surface area contributed by atoms with Crippen LogP contribution in [-0.2, 0) is 17.5 Å². The lowest BCUT2D eigenvalue weighted by atomic mass is 10.1. The number of amides is 2. The number of piperidine rings is 1. The molecule has 3 rings (SSSR count). The predicted molar refractivity (Wildman–Crippen MR) is 99.9 cm³/mol. The molecule has 0 saturated carbocycles. The van der Waals surface area contributed by atoms with E-state index in [2.05, 4.69) is 0 Å². The molecule has 1 aliphatic heterocycles. The lowest BCUT2D eigenvalue weighted by molar-refractivity contribution is -0.137. The first-order valence-electron chi connectivity index (χ1n) is 9.08. The monoisotopic (exact) mass is 390 g/mol. The molecule has 2 amide bonds. The van der Waals surface area contributed by atoms with Gasteiger partial charge in [-0.05, 0) is 54.8 Å². The van der Waals surface area contributed by atoms with E-state index in [0.29, 0.717) is 24.1 Å². The highest BCUT2D eigenvalue weighted by atomic mass is 19.4. The fourth-order valence-corrected chi connectivity index (χ4v) is 3.23. The maximum atomic E-state index is 12.6. The third-order valence-electron chi connectivity index (χ3n) is 4.80. The van der Waals surface area contributed by atoms with Crippen LogP contribution in [0.3, 0.4) is 0 Å². The summed E-state index contributed by atoms with van der Waals surface area (Å²) in [5.74, 6) is -0.152. The van der Waals surface area contributed by atoms with Crippen molar-refractivity contribution in [3.8, 4) is 0 Å². The maximum Gasteiger partial charge on any atom is 0.416 e. The lowest BCUT2D eigenvalue weighted by Gasteiger charge is -2.27. The Morgan fingerprint density at radius 2 is 1.68 bits per heavy atom. The number of benzene rings is 2. The summed E-state index contributed by atoms with van der Waals surface area (Å²) < 4.78 is 37.9. The zero-order valence-electron chi connectivity index (χ0n) is 15.5. The van der Waals surface area contributed by atoms with Crippen LogP contribution < -0.4 is 4.90 Å². The number of halogens is 3. The Morgan fingerprint density at radius 1 is 1.04 bits per heavy atom.